The molecule has 5 heteroatoms. The number of benzene rings is 2. The van der Waals surface area contributed by atoms with Crippen molar-refractivity contribution in [1.82, 2.24) is 5.32 Å². The van der Waals surface area contributed by atoms with E-state index in [1.165, 1.54) is 6.07 Å². The van der Waals surface area contributed by atoms with Gasteiger partial charge in [-0.05, 0) is 37.4 Å². The number of halogens is 3. The van der Waals surface area contributed by atoms with Crippen LogP contribution in [0.1, 0.15) is 11.1 Å². The van der Waals surface area contributed by atoms with Gasteiger partial charge in [-0.2, -0.15) is 0 Å². The van der Waals surface area contributed by atoms with Crippen LogP contribution >= 0.6 is 27.5 Å². The Morgan fingerprint density at radius 2 is 2.10 bits per heavy atom. The molecule has 106 valence electrons. The fourth-order valence-corrected chi connectivity index (χ4v) is 2.46. The molecular weight excluding hydrogens is 345 g/mol. The largest absolute Gasteiger partial charge is 0.488 e. The highest BCUT2D eigenvalue weighted by Gasteiger charge is 2.09. The number of ether oxygens (including phenoxy) is 1. The van der Waals surface area contributed by atoms with Crippen LogP contribution in [0.5, 0.6) is 5.75 Å². The lowest BCUT2D eigenvalue weighted by Gasteiger charge is -2.13. The topological polar surface area (TPSA) is 21.3 Å². The molecule has 0 aliphatic heterocycles. The van der Waals surface area contributed by atoms with E-state index in [1.54, 1.807) is 12.1 Å². The zero-order valence-electron chi connectivity index (χ0n) is 10.9. The summed E-state index contributed by atoms with van der Waals surface area (Å²) in [5.41, 5.74) is 1.36. The Labute approximate surface area is 131 Å². The van der Waals surface area contributed by atoms with Crippen molar-refractivity contribution >= 4 is 27.5 Å². The van der Waals surface area contributed by atoms with Gasteiger partial charge >= 0.3 is 0 Å². The van der Waals surface area contributed by atoms with Crippen molar-refractivity contribution < 1.29 is 9.13 Å². The molecule has 0 spiro atoms. The van der Waals surface area contributed by atoms with Crippen LogP contribution in [0.2, 0.25) is 5.02 Å². The third-order valence-corrected chi connectivity index (χ3v) is 3.67. The van der Waals surface area contributed by atoms with Gasteiger partial charge in [-0.25, -0.2) is 4.39 Å². The average Bonchev–Trinajstić information content (AvgIpc) is 2.40. The molecule has 0 radical (unpaired) electrons. The normalized spacial score (nSPS) is 10.6. The summed E-state index contributed by atoms with van der Waals surface area (Å²) in [6.07, 6.45) is 0. The van der Waals surface area contributed by atoms with Gasteiger partial charge in [0, 0.05) is 22.1 Å². The number of hydrogen-bond acceptors (Lipinski definition) is 2. The molecule has 0 saturated carbocycles. The Bertz CT molecular complexity index is 586. The van der Waals surface area contributed by atoms with Crippen molar-refractivity contribution in [3.05, 3.63) is 62.8 Å². The van der Waals surface area contributed by atoms with Crippen molar-refractivity contribution in [1.29, 1.82) is 0 Å². The second kappa shape index (κ2) is 7.07. The van der Waals surface area contributed by atoms with E-state index in [0.29, 0.717) is 22.9 Å². The predicted molar refractivity (Wildman–Crippen MR) is 82.6 cm³/mol. The van der Waals surface area contributed by atoms with Gasteiger partial charge in [0.1, 0.15) is 18.2 Å². The first kappa shape index (κ1) is 15.3. The standard InChI is InChI=1S/C15H14BrClFNO/c1-19-8-10-7-11(16)5-6-15(10)20-9-12-13(17)3-2-4-14(12)18/h2-7,19H,8-9H2,1H3. The van der Waals surface area contributed by atoms with Gasteiger partial charge in [0.15, 0.2) is 0 Å². The maximum absolute atomic E-state index is 13.7. The minimum Gasteiger partial charge on any atom is -0.488 e. The Hall–Kier alpha value is -1.10. The van der Waals surface area contributed by atoms with Crippen LogP contribution in [0.4, 0.5) is 4.39 Å². The molecule has 0 aromatic heterocycles. The van der Waals surface area contributed by atoms with Crippen LogP contribution < -0.4 is 10.1 Å². The average molecular weight is 359 g/mol. The molecule has 0 unspecified atom stereocenters. The van der Waals surface area contributed by atoms with Gasteiger partial charge in [0.05, 0.1) is 5.02 Å². The van der Waals surface area contributed by atoms with Crippen molar-refractivity contribution in [3.63, 3.8) is 0 Å². The highest BCUT2D eigenvalue weighted by molar-refractivity contribution is 9.10. The first-order valence-electron chi connectivity index (χ1n) is 6.10. The molecule has 2 nitrogen and oxygen atoms in total. The summed E-state index contributed by atoms with van der Waals surface area (Å²) in [6.45, 7) is 0.767. The van der Waals surface area contributed by atoms with E-state index >= 15 is 0 Å². The summed E-state index contributed by atoms with van der Waals surface area (Å²) in [6, 6.07) is 10.3. The maximum atomic E-state index is 13.7. The van der Waals surface area contributed by atoms with Crippen LogP contribution in [0, 0.1) is 5.82 Å². The zero-order valence-corrected chi connectivity index (χ0v) is 13.3. The lowest BCUT2D eigenvalue weighted by atomic mass is 10.2. The highest BCUT2D eigenvalue weighted by atomic mass is 79.9. The summed E-state index contributed by atoms with van der Waals surface area (Å²) in [4.78, 5) is 0. The zero-order chi connectivity index (χ0) is 14.5. The van der Waals surface area contributed by atoms with E-state index < -0.39 is 0 Å². The molecule has 1 N–H and O–H groups in total. The van der Waals surface area contributed by atoms with Crippen LogP contribution in [0.3, 0.4) is 0 Å². The van der Waals surface area contributed by atoms with Crippen molar-refractivity contribution in [2.45, 2.75) is 13.2 Å². The first-order chi connectivity index (χ1) is 9.61. The van der Waals surface area contributed by atoms with E-state index in [1.807, 2.05) is 25.2 Å². The van der Waals surface area contributed by atoms with Crippen LogP contribution in [-0.2, 0) is 13.2 Å². The molecule has 2 rings (SSSR count). The lowest BCUT2D eigenvalue weighted by Crippen LogP contribution is -2.08. The van der Waals surface area contributed by atoms with Crippen molar-refractivity contribution in [2.24, 2.45) is 0 Å². The van der Waals surface area contributed by atoms with E-state index in [4.69, 9.17) is 16.3 Å². The fraction of sp³-hybridized carbons (Fsp3) is 0.200. The molecule has 0 heterocycles. The predicted octanol–water partition coefficient (Wildman–Crippen LogP) is 4.54. The van der Waals surface area contributed by atoms with Crippen LogP contribution in [-0.4, -0.2) is 7.05 Å². The molecule has 2 aromatic rings. The van der Waals surface area contributed by atoms with Crippen LogP contribution in [0.15, 0.2) is 40.9 Å². The molecule has 0 aliphatic rings. The fourth-order valence-electron chi connectivity index (χ4n) is 1.84. The Morgan fingerprint density at radius 3 is 2.80 bits per heavy atom. The molecule has 0 fully saturated rings. The Balaban J connectivity index is 2.18. The molecule has 0 bridgehead atoms. The Morgan fingerprint density at radius 1 is 1.30 bits per heavy atom. The van der Waals surface area contributed by atoms with Gasteiger partial charge in [-0.3, -0.25) is 0 Å². The second-order valence-corrected chi connectivity index (χ2v) is 5.59. The number of nitrogens with one attached hydrogen (secondary N) is 1. The van der Waals surface area contributed by atoms with E-state index in [-0.39, 0.29) is 12.4 Å². The van der Waals surface area contributed by atoms with Crippen LogP contribution in [0.25, 0.3) is 0 Å². The van der Waals surface area contributed by atoms with Gasteiger partial charge in [0.2, 0.25) is 0 Å². The smallest absolute Gasteiger partial charge is 0.131 e. The summed E-state index contributed by atoms with van der Waals surface area (Å²) < 4.78 is 20.4. The number of rotatable bonds is 5. The lowest BCUT2D eigenvalue weighted by molar-refractivity contribution is 0.296. The van der Waals surface area contributed by atoms with E-state index in [9.17, 15) is 4.39 Å². The highest BCUT2D eigenvalue weighted by Crippen LogP contribution is 2.26. The molecule has 0 saturated heterocycles. The summed E-state index contributed by atoms with van der Waals surface area (Å²) in [5.74, 6) is 0.353. The molecule has 0 amide bonds. The van der Waals surface area contributed by atoms with Crippen molar-refractivity contribution in [3.8, 4) is 5.75 Å². The third-order valence-electron chi connectivity index (χ3n) is 2.82. The minimum absolute atomic E-state index is 0.101. The quantitative estimate of drug-likeness (QED) is 0.847. The molecule has 0 atom stereocenters. The SMILES string of the molecule is CNCc1cc(Br)ccc1OCc1c(F)cccc1Cl. The van der Waals surface area contributed by atoms with E-state index in [2.05, 4.69) is 21.2 Å². The molecular formula is C15H14BrClFNO. The first-order valence-corrected chi connectivity index (χ1v) is 7.27. The Kier molecular flexibility index (Phi) is 5.40. The van der Waals surface area contributed by atoms with Crippen molar-refractivity contribution in [2.75, 3.05) is 7.05 Å². The minimum atomic E-state index is -0.357. The molecule has 0 aliphatic carbocycles. The van der Waals surface area contributed by atoms with E-state index in [0.717, 1.165) is 10.0 Å². The summed E-state index contributed by atoms with van der Waals surface area (Å²) in [5, 5.41) is 3.44. The molecule has 20 heavy (non-hydrogen) atoms. The van der Waals surface area contributed by atoms with Gasteiger partial charge in [0.25, 0.3) is 0 Å². The monoisotopic (exact) mass is 357 g/mol. The van der Waals surface area contributed by atoms with Gasteiger partial charge in [-0.1, -0.05) is 33.6 Å². The second-order valence-electron chi connectivity index (χ2n) is 4.27. The summed E-state index contributed by atoms with van der Waals surface area (Å²) >= 11 is 9.40. The van der Waals surface area contributed by atoms with Gasteiger partial charge in [-0.15, -0.1) is 0 Å². The molecule has 2 aromatic carbocycles. The maximum Gasteiger partial charge on any atom is 0.131 e. The third kappa shape index (κ3) is 3.72. The number of hydrogen-bond donors (Lipinski definition) is 1. The van der Waals surface area contributed by atoms with Gasteiger partial charge < -0.3 is 10.1 Å². The summed E-state index contributed by atoms with van der Waals surface area (Å²) in [7, 11) is 1.86.